The topological polar surface area (TPSA) is 96.8 Å². The number of halogens is 3. The molecule has 5 rings (SSSR count). The summed E-state index contributed by atoms with van der Waals surface area (Å²) in [6.45, 7) is 6.68. The van der Waals surface area contributed by atoms with Gasteiger partial charge in [-0.2, -0.15) is 13.2 Å². The van der Waals surface area contributed by atoms with Crippen LogP contribution in [0.3, 0.4) is 0 Å². The van der Waals surface area contributed by atoms with E-state index >= 15 is 0 Å². The highest BCUT2D eigenvalue weighted by atomic mass is 32.1. The Balaban J connectivity index is 0.00000141. The molecule has 1 aliphatic heterocycles. The van der Waals surface area contributed by atoms with Crippen molar-refractivity contribution in [3.05, 3.63) is 47.0 Å². The number of fused-ring (bicyclic) bond motifs is 1. The van der Waals surface area contributed by atoms with Crippen LogP contribution in [0.5, 0.6) is 0 Å². The number of anilines is 1. The standard InChI is InChI=1S/C21H20F3N7OS.C2H6/c1-11-3-4-15(17-25-5-2-6-26-17)16(28-11)18(32)31-10-13-7-12(13)8-14(31)9-27-20-30-29-19(33-20)21(22,23)24;1-2/h2-6,12-14H,7-10H2,1H3,(H,27,30);1-2H3/t12-,13+,14?;/m1./s1. The third kappa shape index (κ3) is 5.58. The molecule has 12 heteroatoms. The van der Waals surface area contributed by atoms with E-state index in [-0.39, 0.29) is 29.3 Å². The van der Waals surface area contributed by atoms with Gasteiger partial charge in [0.2, 0.25) is 10.1 Å². The molecule has 1 saturated carbocycles. The molecule has 3 atom stereocenters. The van der Waals surface area contributed by atoms with E-state index in [9.17, 15) is 18.0 Å². The van der Waals surface area contributed by atoms with Gasteiger partial charge in [-0.25, -0.2) is 15.0 Å². The number of likely N-dealkylation sites (tertiary alicyclic amines) is 1. The number of nitrogens with one attached hydrogen (secondary N) is 1. The minimum Gasteiger partial charge on any atom is -0.358 e. The van der Waals surface area contributed by atoms with Crippen LogP contribution in [0.4, 0.5) is 18.3 Å². The van der Waals surface area contributed by atoms with Gasteiger partial charge in [-0.3, -0.25) is 4.79 Å². The normalized spacial score (nSPS) is 21.0. The van der Waals surface area contributed by atoms with Crippen LogP contribution in [-0.2, 0) is 6.18 Å². The monoisotopic (exact) mass is 505 g/mol. The predicted molar refractivity (Wildman–Crippen MR) is 126 cm³/mol. The maximum absolute atomic E-state index is 13.7. The fourth-order valence-electron chi connectivity index (χ4n) is 4.23. The van der Waals surface area contributed by atoms with E-state index in [1.807, 2.05) is 26.8 Å². The minimum absolute atomic E-state index is 0.0831. The number of amides is 1. The maximum Gasteiger partial charge on any atom is 0.445 e. The molecule has 1 aliphatic carbocycles. The van der Waals surface area contributed by atoms with E-state index in [1.165, 1.54) is 0 Å². The average molecular weight is 506 g/mol. The van der Waals surface area contributed by atoms with Crippen LogP contribution in [0, 0.1) is 18.8 Å². The Morgan fingerprint density at radius 2 is 1.89 bits per heavy atom. The van der Waals surface area contributed by atoms with Crippen LogP contribution in [0.2, 0.25) is 0 Å². The first-order valence-corrected chi connectivity index (χ1v) is 12.3. The minimum atomic E-state index is -4.53. The van der Waals surface area contributed by atoms with Crippen molar-refractivity contribution in [2.24, 2.45) is 11.8 Å². The summed E-state index contributed by atoms with van der Waals surface area (Å²) >= 11 is 0.457. The number of pyridine rings is 1. The first-order valence-electron chi connectivity index (χ1n) is 11.5. The molecule has 0 aromatic carbocycles. The molecule has 3 aromatic rings. The van der Waals surface area contributed by atoms with Gasteiger partial charge < -0.3 is 10.2 Å². The highest BCUT2D eigenvalue weighted by Gasteiger charge is 2.47. The maximum atomic E-state index is 13.7. The Labute approximate surface area is 205 Å². The second kappa shape index (κ2) is 10.2. The molecular formula is C23H26F3N7OS. The van der Waals surface area contributed by atoms with Crippen LogP contribution in [0.25, 0.3) is 11.4 Å². The van der Waals surface area contributed by atoms with Gasteiger partial charge in [-0.1, -0.05) is 25.2 Å². The van der Waals surface area contributed by atoms with Crippen molar-refractivity contribution in [2.75, 3.05) is 18.4 Å². The molecule has 3 aromatic heterocycles. The zero-order valence-corrected chi connectivity index (χ0v) is 20.4. The molecule has 0 radical (unpaired) electrons. The van der Waals surface area contributed by atoms with Crippen LogP contribution >= 0.6 is 11.3 Å². The van der Waals surface area contributed by atoms with Crippen molar-refractivity contribution < 1.29 is 18.0 Å². The van der Waals surface area contributed by atoms with Crippen LogP contribution in [0.1, 0.15) is 47.9 Å². The van der Waals surface area contributed by atoms with Crippen molar-refractivity contribution in [1.29, 1.82) is 0 Å². The highest BCUT2D eigenvalue weighted by molar-refractivity contribution is 7.15. The summed E-state index contributed by atoms with van der Waals surface area (Å²) in [5, 5.41) is 8.83. The molecular weight excluding hydrogens is 479 g/mol. The van der Waals surface area contributed by atoms with Gasteiger partial charge >= 0.3 is 6.18 Å². The van der Waals surface area contributed by atoms with E-state index in [4.69, 9.17) is 0 Å². The lowest BCUT2D eigenvalue weighted by Crippen LogP contribution is -2.48. The largest absolute Gasteiger partial charge is 0.445 e. The van der Waals surface area contributed by atoms with Gasteiger partial charge in [-0.05, 0) is 49.8 Å². The summed E-state index contributed by atoms with van der Waals surface area (Å²) in [5.74, 6) is 1.16. The van der Waals surface area contributed by atoms with E-state index in [0.29, 0.717) is 46.8 Å². The van der Waals surface area contributed by atoms with Crippen LogP contribution in [-0.4, -0.2) is 55.1 Å². The summed E-state index contributed by atoms with van der Waals surface area (Å²) in [6.07, 6.45) is 0.509. The Bertz CT molecular complexity index is 1170. The van der Waals surface area contributed by atoms with Crippen LogP contribution in [0.15, 0.2) is 30.6 Å². The average Bonchev–Trinajstić information content (AvgIpc) is 3.45. The fourth-order valence-corrected chi connectivity index (χ4v) is 4.85. The van der Waals surface area contributed by atoms with Gasteiger partial charge in [0.1, 0.15) is 5.69 Å². The quantitative estimate of drug-likeness (QED) is 0.537. The van der Waals surface area contributed by atoms with Gasteiger partial charge in [0.05, 0.1) is 5.56 Å². The Morgan fingerprint density at radius 3 is 2.57 bits per heavy atom. The summed E-state index contributed by atoms with van der Waals surface area (Å²) in [5.41, 5.74) is 1.53. The molecule has 1 unspecified atom stereocenters. The summed E-state index contributed by atoms with van der Waals surface area (Å²) < 4.78 is 38.5. The van der Waals surface area contributed by atoms with Crippen molar-refractivity contribution in [2.45, 2.75) is 45.8 Å². The Kier molecular flexibility index (Phi) is 7.29. The number of hydrogen-bond donors (Lipinski definition) is 1. The number of piperidine rings is 1. The zero-order valence-electron chi connectivity index (χ0n) is 19.6. The molecule has 1 N–H and O–H groups in total. The molecule has 0 spiro atoms. The van der Waals surface area contributed by atoms with Gasteiger partial charge in [-0.15, -0.1) is 10.2 Å². The lowest BCUT2D eigenvalue weighted by Gasteiger charge is -2.35. The van der Waals surface area contributed by atoms with Crippen molar-refractivity contribution in [3.63, 3.8) is 0 Å². The van der Waals surface area contributed by atoms with Crippen molar-refractivity contribution in [1.82, 2.24) is 30.0 Å². The lowest BCUT2D eigenvalue weighted by atomic mass is 10.0. The summed E-state index contributed by atoms with van der Waals surface area (Å²) in [4.78, 5) is 28.5. The molecule has 2 fully saturated rings. The number of aromatic nitrogens is 5. The van der Waals surface area contributed by atoms with E-state index in [1.54, 1.807) is 29.4 Å². The second-order valence-corrected chi connectivity index (χ2v) is 9.29. The number of carbonyl (C=O) groups is 1. The number of hydrogen-bond acceptors (Lipinski definition) is 8. The molecule has 8 nitrogen and oxygen atoms in total. The molecule has 1 saturated heterocycles. The number of carbonyl (C=O) groups excluding carboxylic acids is 1. The molecule has 35 heavy (non-hydrogen) atoms. The molecule has 186 valence electrons. The Morgan fingerprint density at radius 1 is 1.14 bits per heavy atom. The molecule has 2 aliphatic rings. The molecule has 4 heterocycles. The number of nitrogens with zero attached hydrogens (tertiary/aromatic N) is 6. The smallest absolute Gasteiger partial charge is 0.358 e. The zero-order chi connectivity index (χ0) is 25.2. The summed E-state index contributed by atoms with van der Waals surface area (Å²) in [7, 11) is 0. The van der Waals surface area contributed by atoms with Crippen molar-refractivity contribution >= 4 is 22.4 Å². The summed E-state index contributed by atoms with van der Waals surface area (Å²) in [6, 6.07) is 5.10. The van der Waals surface area contributed by atoms with E-state index < -0.39 is 11.2 Å². The number of aryl methyl sites for hydroxylation is 1. The first kappa shape index (κ1) is 25.0. The molecule has 0 bridgehead atoms. The highest BCUT2D eigenvalue weighted by Crippen LogP contribution is 2.47. The predicted octanol–water partition coefficient (Wildman–Crippen LogP) is 4.71. The van der Waals surface area contributed by atoms with Gasteiger partial charge in [0.15, 0.2) is 5.82 Å². The Hall–Kier alpha value is -3.15. The third-order valence-corrected chi connectivity index (χ3v) is 6.90. The van der Waals surface area contributed by atoms with Crippen LogP contribution < -0.4 is 5.32 Å². The van der Waals surface area contributed by atoms with E-state index in [0.717, 1.165) is 12.8 Å². The van der Waals surface area contributed by atoms with Crippen molar-refractivity contribution in [3.8, 4) is 11.4 Å². The number of rotatable bonds is 5. The van der Waals surface area contributed by atoms with E-state index in [2.05, 4.69) is 30.5 Å². The lowest BCUT2D eigenvalue weighted by molar-refractivity contribution is -0.138. The number of alkyl halides is 3. The van der Waals surface area contributed by atoms with Gasteiger partial charge in [0.25, 0.3) is 5.91 Å². The molecule has 1 amide bonds. The second-order valence-electron chi connectivity index (χ2n) is 8.32. The SMILES string of the molecule is CC.Cc1ccc(-c2ncccn2)c(C(=O)N2C[C@@H]3C[C@@H]3CC2CNc2nnc(C(F)(F)F)s2)n1. The fraction of sp³-hybridized carbons (Fsp3) is 0.478. The first-order chi connectivity index (χ1) is 16.8. The van der Waals surface area contributed by atoms with Gasteiger partial charge in [0, 0.05) is 37.2 Å². The third-order valence-electron chi connectivity index (χ3n) is 5.98.